The fourth-order valence-electron chi connectivity index (χ4n) is 2.52. The van der Waals surface area contributed by atoms with Crippen molar-refractivity contribution in [2.75, 3.05) is 0 Å². The fourth-order valence-corrected chi connectivity index (χ4v) is 2.52. The zero-order chi connectivity index (χ0) is 14.1. The van der Waals surface area contributed by atoms with E-state index in [1.807, 2.05) is 44.2 Å². The molecule has 108 valence electrons. The van der Waals surface area contributed by atoms with Gasteiger partial charge in [-0.2, -0.15) is 0 Å². The predicted octanol–water partition coefficient (Wildman–Crippen LogP) is 1.43. The number of nitrogens with one attached hydrogen (secondary N) is 1. The molecular weight excluding hydrogens is 258 g/mol. The minimum absolute atomic E-state index is 0.00110. The average molecular weight is 277 g/mol. The highest BCUT2D eigenvalue weighted by atomic mass is 16.7. The Kier molecular flexibility index (Phi) is 3.74. The fraction of sp³-hybridized carbons (Fsp3) is 0.533. The molecule has 1 amide bonds. The van der Waals surface area contributed by atoms with Crippen LogP contribution >= 0.6 is 0 Å². The second kappa shape index (κ2) is 5.52. The van der Waals surface area contributed by atoms with Crippen LogP contribution in [0, 0.1) is 5.92 Å². The normalized spacial score (nSPS) is 33.8. The van der Waals surface area contributed by atoms with Gasteiger partial charge in [0, 0.05) is 0 Å². The summed E-state index contributed by atoms with van der Waals surface area (Å²) < 4.78 is 17.2. The Morgan fingerprint density at radius 3 is 2.70 bits per heavy atom. The summed E-state index contributed by atoms with van der Waals surface area (Å²) >= 11 is 0. The van der Waals surface area contributed by atoms with Crippen molar-refractivity contribution >= 4 is 5.91 Å². The summed E-state index contributed by atoms with van der Waals surface area (Å²) in [6, 6.07) is 9.96. The minimum Gasteiger partial charge on any atom is -0.369 e. The standard InChI is InChI=1S/C15H19NO4/c1-9-12-13(17)16-14(12)20-15(19-9)10(2)18-8-11-6-4-3-5-7-11/h3-7,9-10,12,14-15H,8H2,1-2H3,(H,16,17). The second-order valence-corrected chi connectivity index (χ2v) is 5.30. The number of hydrogen-bond donors (Lipinski definition) is 1. The maximum atomic E-state index is 11.4. The van der Waals surface area contributed by atoms with Crippen LogP contribution in [-0.4, -0.2) is 30.6 Å². The van der Waals surface area contributed by atoms with Gasteiger partial charge in [0.05, 0.1) is 12.7 Å². The first-order chi connectivity index (χ1) is 9.65. The third kappa shape index (κ3) is 2.57. The Hall–Kier alpha value is -1.43. The average Bonchev–Trinajstić information content (AvgIpc) is 2.43. The van der Waals surface area contributed by atoms with Crippen molar-refractivity contribution in [2.24, 2.45) is 5.92 Å². The molecule has 0 aromatic heterocycles. The second-order valence-electron chi connectivity index (χ2n) is 5.30. The highest BCUT2D eigenvalue weighted by Crippen LogP contribution is 2.31. The Balaban J connectivity index is 1.53. The number of rotatable bonds is 4. The van der Waals surface area contributed by atoms with Gasteiger partial charge in [0.2, 0.25) is 5.91 Å². The van der Waals surface area contributed by atoms with E-state index in [9.17, 15) is 4.79 Å². The number of β-lactam (4-membered cyclic amide) rings is 1. The van der Waals surface area contributed by atoms with Crippen LogP contribution in [0.4, 0.5) is 0 Å². The lowest BCUT2D eigenvalue weighted by Gasteiger charge is -2.47. The molecule has 1 aromatic carbocycles. The van der Waals surface area contributed by atoms with E-state index in [2.05, 4.69) is 5.32 Å². The molecule has 2 heterocycles. The van der Waals surface area contributed by atoms with Crippen LogP contribution in [0.5, 0.6) is 0 Å². The molecule has 5 heteroatoms. The zero-order valence-corrected chi connectivity index (χ0v) is 11.6. The lowest BCUT2D eigenvalue weighted by atomic mass is 9.92. The van der Waals surface area contributed by atoms with Crippen molar-refractivity contribution in [3.05, 3.63) is 35.9 Å². The van der Waals surface area contributed by atoms with Crippen LogP contribution in [0.2, 0.25) is 0 Å². The lowest BCUT2D eigenvalue weighted by molar-refractivity contribution is -0.312. The lowest BCUT2D eigenvalue weighted by Crippen LogP contribution is -2.68. The van der Waals surface area contributed by atoms with E-state index in [0.717, 1.165) is 5.56 Å². The summed E-state index contributed by atoms with van der Waals surface area (Å²) in [6.45, 7) is 4.33. The molecule has 0 radical (unpaired) electrons. The van der Waals surface area contributed by atoms with E-state index in [1.54, 1.807) is 0 Å². The van der Waals surface area contributed by atoms with Crippen LogP contribution in [0.15, 0.2) is 30.3 Å². The molecule has 0 bridgehead atoms. The smallest absolute Gasteiger partial charge is 0.232 e. The quantitative estimate of drug-likeness (QED) is 0.846. The maximum absolute atomic E-state index is 11.4. The molecule has 0 saturated carbocycles. The van der Waals surface area contributed by atoms with Crippen molar-refractivity contribution in [3.63, 3.8) is 0 Å². The molecule has 5 unspecified atom stereocenters. The molecule has 2 aliphatic rings. The summed E-state index contributed by atoms with van der Waals surface area (Å²) in [7, 11) is 0. The largest absolute Gasteiger partial charge is 0.369 e. The van der Waals surface area contributed by atoms with E-state index in [4.69, 9.17) is 14.2 Å². The number of fused-ring (bicyclic) bond motifs is 1. The predicted molar refractivity (Wildman–Crippen MR) is 71.5 cm³/mol. The molecule has 0 aliphatic carbocycles. The van der Waals surface area contributed by atoms with Gasteiger partial charge >= 0.3 is 0 Å². The number of carbonyl (C=O) groups is 1. The minimum atomic E-state index is -0.449. The van der Waals surface area contributed by atoms with Crippen LogP contribution in [0.3, 0.4) is 0 Å². The Labute approximate surface area is 118 Å². The highest BCUT2D eigenvalue weighted by Gasteiger charge is 2.50. The van der Waals surface area contributed by atoms with Gasteiger partial charge in [-0.25, -0.2) is 0 Å². The molecule has 3 rings (SSSR count). The van der Waals surface area contributed by atoms with Gasteiger partial charge in [-0.3, -0.25) is 4.79 Å². The van der Waals surface area contributed by atoms with Crippen molar-refractivity contribution < 1.29 is 19.0 Å². The van der Waals surface area contributed by atoms with Gasteiger partial charge in [-0.15, -0.1) is 0 Å². The maximum Gasteiger partial charge on any atom is 0.232 e. The Morgan fingerprint density at radius 1 is 1.30 bits per heavy atom. The Morgan fingerprint density at radius 2 is 2.05 bits per heavy atom. The first kappa shape index (κ1) is 13.5. The number of hydrogen-bond acceptors (Lipinski definition) is 4. The van der Waals surface area contributed by atoms with Gasteiger partial charge < -0.3 is 19.5 Å². The monoisotopic (exact) mass is 277 g/mol. The van der Waals surface area contributed by atoms with Crippen molar-refractivity contribution in [1.29, 1.82) is 0 Å². The molecule has 1 aromatic rings. The van der Waals surface area contributed by atoms with Gasteiger partial charge in [-0.1, -0.05) is 30.3 Å². The summed E-state index contributed by atoms with van der Waals surface area (Å²) in [5.41, 5.74) is 1.11. The van der Waals surface area contributed by atoms with Crippen molar-refractivity contribution in [1.82, 2.24) is 5.32 Å². The molecule has 2 saturated heterocycles. The van der Waals surface area contributed by atoms with E-state index in [-0.39, 0.29) is 30.3 Å². The van der Waals surface area contributed by atoms with Gasteiger partial charge in [-0.05, 0) is 19.4 Å². The third-order valence-corrected chi connectivity index (χ3v) is 3.79. The molecular formula is C15H19NO4. The first-order valence-electron chi connectivity index (χ1n) is 6.92. The molecule has 5 atom stereocenters. The van der Waals surface area contributed by atoms with E-state index in [1.165, 1.54) is 0 Å². The number of ether oxygens (including phenoxy) is 3. The van der Waals surface area contributed by atoms with Crippen LogP contribution in [0.25, 0.3) is 0 Å². The Bertz CT molecular complexity index is 470. The topological polar surface area (TPSA) is 56.8 Å². The molecule has 0 spiro atoms. The first-order valence-corrected chi connectivity index (χ1v) is 6.92. The highest BCUT2D eigenvalue weighted by molar-refractivity contribution is 5.85. The van der Waals surface area contributed by atoms with E-state index >= 15 is 0 Å². The van der Waals surface area contributed by atoms with Crippen LogP contribution in [-0.2, 0) is 25.6 Å². The summed E-state index contributed by atoms with van der Waals surface area (Å²) in [5, 5.41) is 2.74. The van der Waals surface area contributed by atoms with Crippen molar-refractivity contribution in [3.8, 4) is 0 Å². The zero-order valence-electron chi connectivity index (χ0n) is 11.6. The third-order valence-electron chi connectivity index (χ3n) is 3.79. The number of amides is 1. The summed E-state index contributed by atoms with van der Waals surface area (Å²) in [5.74, 6) is -0.189. The van der Waals surface area contributed by atoms with E-state index in [0.29, 0.717) is 6.61 Å². The van der Waals surface area contributed by atoms with Crippen LogP contribution in [0.1, 0.15) is 19.4 Å². The van der Waals surface area contributed by atoms with Gasteiger partial charge in [0.1, 0.15) is 18.2 Å². The molecule has 5 nitrogen and oxygen atoms in total. The summed E-state index contributed by atoms with van der Waals surface area (Å²) in [6.07, 6.45) is -1.03. The molecule has 20 heavy (non-hydrogen) atoms. The van der Waals surface area contributed by atoms with Gasteiger partial charge in [0.25, 0.3) is 0 Å². The molecule has 2 aliphatic heterocycles. The molecule has 1 N–H and O–H groups in total. The molecule has 2 fully saturated rings. The number of benzene rings is 1. The van der Waals surface area contributed by atoms with E-state index < -0.39 is 6.29 Å². The van der Waals surface area contributed by atoms with Crippen molar-refractivity contribution in [2.45, 2.75) is 45.2 Å². The van der Waals surface area contributed by atoms with Crippen LogP contribution < -0.4 is 5.32 Å². The van der Waals surface area contributed by atoms with Gasteiger partial charge in [0.15, 0.2) is 6.29 Å². The SMILES string of the molecule is CC(OCc1ccccc1)C1OC(C)C2C(=O)NC2O1. The summed E-state index contributed by atoms with van der Waals surface area (Å²) in [4.78, 5) is 11.4. The number of carbonyl (C=O) groups excluding carboxylic acids is 1.